The van der Waals surface area contributed by atoms with Crippen LogP contribution in [0.2, 0.25) is 0 Å². The molecule has 3 aromatic heterocycles. The van der Waals surface area contributed by atoms with Crippen LogP contribution in [0.1, 0.15) is 24.0 Å². The number of H-pyrrole nitrogens is 2. The second-order valence-electron chi connectivity index (χ2n) is 6.93. The summed E-state index contributed by atoms with van der Waals surface area (Å²) in [5, 5.41) is 10.4. The summed E-state index contributed by atoms with van der Waals surface area (Å²) in [5.41, 5.74) is 2.58. The third-order valence-corrected chi connectivity index (χ3v) is 6.12. The van der Waals surface area contributed by atoms with Crippen molar-refractivity contribution in [1.82, 2.24) is 25.5 Å². The van der Waals surface area contributed by atoms with Gasteiger partial charge in [0.2, 0.25) is 0 Å². The van der Waals surface area contributed by atoms with Crippen LogP contribution in [0.3, 0.4) is 0 Å². The Kier molecular flexibility index (Phi) is 6.82. The molecular formula is C20H21Cl2N5O2S. The molecule has 2 atom stereocenters. The molecular weight excluding hydrogens is 445 g/mol. The van der Waals surface area contributed by atoms with Crippen LogP contribution in [0.25, 0.3) is 20.7 Å². The predicted octanol–water partition coefficient (Wildman–Crippen LogP) is 4.01. The van der Waals surface area contributed by atoms with Gasteiger partial charge in [0.05, 0.1) is 17.8 Å². The molecule has 7 nitrogen and oxygen atoms in total. The molecule has 0 bridgehead atoms. The van der Waals surface area contributed by atoms with Gasteiger partial charge in [-0.1, -0.05) is 18.2 Å². The minimum atomic E-state index is -0.105. The second-order valence-corrected chi connectivity index (χ2v) is 7.99. The van der Waals surface area contributed by atoms with E-state index in [1.165, 1.54) is 11.3 Å². The third kappa shape index (κ3) is 4.22. The molecule has 0 saturated carbocycles. The fraction of sp³-hybridized carbons (Fsp3) is 0.250. The number of nitrogens with zero attached hydrogens (tertiary/aromatic N) is 2. The summed E-state index contributed by atoms with van der Waals surface area (Å²) in [4.78, 5) is 21.3. The number of aryl methyl sites for hydroxylation is 1. The van der Waals surface area contributed by atoms with Gasteiger partial charge in [0.15, 0.2) is 0 Å². The number of ether oxygens (including phenoxy) is 1. The molecule has 10 heteroatoms. The van der Waals surface area contributed by atoms with Crippen molar-refractivity contribution in [2.45, 2.75) is 25.5 Å². The zero-order chi connectivity index (χ0) is 19.1. The van der Waals surface area contributed by atoms with E-state index in [-0.39, 0.29) is 42.5 Å². The van der Waals surface area contributed by atoms with Crippen molar-refractivity contribution in [3.05, 3.63) is 64.5 Å². The molecule has 1 aliphatic heterocycles. The molecule has 0 unspecified atom stereocenters. The van der Waals surface area contributed by atoms with Crippen LogP contribution >= 0.6 is 36.2 Å². The first-order valence-corrected chi connectivity index (χ1v) is 9.98. The Bertz CT molecular complexity index is 1190. The molecule has 30 heavy (non-hydrogen) atoms. The van der Waals surface area contributed by atoms with E-state index in [1.54, 1.807) is 6.20 Å². The van der Waals surface area contributed by atoms with Crippen LogP contribution in [-0.4, -0.2) is 32.8 Å². The van der Waals surface area contributed by atoms with Crippen molar-refractivity contribution in [1.29, 1.82) is 0 Å². The Labute approximate surface area is 189 Å². The highest BCUT2D eigenvalue weighted by Crippen LogP contribution is 2.33. The van der Waals surface area contributed by atoms with Gasteiger partial charge >= 0.3 is 0 Å². The Balaban J connectivity index is 0.00000128. The van der Waals surface area contributed by atoms with Crippen molar-refractivity contribution in [2.24, 2.45) is 0 Å². The van der Waals surface area contributed by atoms with Crippen molar-refractivity contribution in [3.8, 4) is 16.2 Å². The molecule has 158 valence electrons. The van der Waals surface area contributed by atoms with Gasteiger partial charge in [-0.15, -0.1) is 36.2 Å². The summed E-state index contributed by atoms with van der Waals surface area (Å²) >= 11 is 1.44. The van der Waals surface area contributed by atoms with E-state index < -0.39 is 0 Å². The maximum absolute atomic E-state index is 12.6. The summed E-state index contributed by atoms with van der Waals surface area (Å²) < 4.78 is 6.65. The number of hydrogen-bond donors (Lipinski definition) is 3. The Morgan fingerprint density at radius 2 is 2.00 bits per heavy atom. The fourth-order valence-corrected chi connectivity index (χ4v) is 4.61. The first-order valence-electron chi connectivity index (χ1n) is 9.16. The lowest BCUT2D eigenvalue weighted by molar-refractivity contribution is 0.219. The van der Waals surface area contributed by atoms with Crippen LogP contribution in [0.5, 0.6) is 5.75 Å². The molecule has 0 amide bonds. The number of nitrogens with one attached hydrogen (secondary N) is 3. The third-order valence-electron chi connectivity index (χ3n) is 4.96. The van der Waals surface area contributed by atoms with Crippen molar-refractivity contribution < 1.29 is 4.74 Å². The van der Waals surface area contributed by atoms with Crippen molar-refractivity contribution in [3.63, 3.8) is 0 Å². The molecule has 1 saturated heterocycles. The molecule has 4 aromatic rings. The zero-order valence-corrected chi connectivity index (χ0v) is 18.5. The summed E-state index contributed by atoms with van der Waals surface area (Å²) in [7, 11) is 0. The molecule has 1 aromatic carbocycles. The molecule has 1 aliphatic rings. The Hall–Kier alpha value is -2.39. The van der Waals surface area contributed by atoms with Gasteiger partial charge in [0.1, 0.15) is 22.4 Å². The quantitative estimate of drug-likeness (QED) is 0.423. The van der Waals surface area contributed by atoms with Gasteiger partial charge < -0.3 is 15.0 Å². The van der Waals surface area contributed by atoms with Crippen molar-refractivity contribution in [2.75, 3.05) is 6.54 Å². The number of benzene rings is 1. The lowest BCUT2D eigenvalue weighted by atomic mass is 10.2. The van der Waals surface area contributed by atoms with Crippen LogP contribution in [-0.2, 0) is 0 Å². The van der Waals surface area contributed by atoms with E-state index in [9.17, 15) is 4.79 Å². The highest BCUT2D eigenvalue weighted by molar-refractivity contribution is 7.22. The van der Waals surface area contributed by atoms with Crippen LogP contribution in [0.15, 0.2) is 47.4 Å². The fourth-order valence-electron chi connectivity index (χ4n) is 3.55. The SMILES string of the molecule is Cc1[nH]ncc1-c1cc2nc([C@@H]3C[C@@H](Oc4ccccc4)CN3)[nH]c(=O)c2s1.Cl.Cl. The van der Waals surface area contributed by atoms with E-state index in [0.29, 0.717) is 22.6 Å². The molecule has 3 N–H and O–H groups in total. The van der Waals surface area contributed by atoms with Gasteiger partial charge in [-0.3, -0.25) is 9.89 Å². The number of fused-ring (bicyclic) bond motifs is 1. The Morgan fingerprint density at radius 3 is 2.73 bits per heavy atom. The maximum atomic E-state index is 12.6. The lowest BCUT2D eigenvalue weighted by Crippen LogP contribution is -2.21. The predicted molar refractivity (Wildman–Crippen MR) is 123 cm³/mol. The van der Waals surface area contributed by atoms with E-state index >= 15 is 0 Å². The number of rotatable bonds is 4. The normalized spacial score (nSPS) is 18.0. The topological polar surface area (TPSA) is 95.7 Å². The largest absolute Gasteiger partial charge is 0.489 e. The molecule has 1 fully saturated rings. The smallest absolute Gasteiger partial charge is 0.268 e. The van der Waals surface area contributed by atoms with Crippen molar-refractivity contribution >= 4 is 46.4 Å². The number of hydrogen-bond acceptors (Lipinski definition) is 6. The Morgan fingerprint density at radius 1 is 1.20 bits per heavy atom. The van der Waals surface area contributed by atoms with Gasteiger partial charge in [0, 0.05) is 29.1 Å². The molecule has 0 radical (unpaired) electrons. The van der Waals surface area contributed by atoms with E-state index in [2.05, 4.69) is 20.5 Å². The van der Waals surface area contributed by atoms with Crippen LogP contribution in [0.4, 0.5) is 0 Å². The van der Waals surface area contributed by atoms with Crippen LogP contribution in [0, 0.1) is 6.92 Å². The number of aromatic nitrogens is 4. The van der Waals surface area contributed by atoms with E-state index in [4.69, 9.17) is 9.72 Å². The summed E-state index contributed by atoms with van der Waals surface area (Å²) in [5.74, 6) is 1.51. The molecule has 4 heterocycles. The lowest BCUT2D eigenvalue weighted by Gasteiger charge is -2.12. The molecule has 0 aliphatic carbocycles. The van der Waals surface area contributed by atoms with Gasteiger partial charge in [-0.05, 0) is 25.1 Å². The highest BCUT2D eigenvalue weighted by Gasteiger charge is 2.29. The van der Waals surface area contributed by atoms with Gasteiger partial charge in [-0.25, -0.2) is 4.98 Å². The van der Waals surface area contributed by atoms with E-state index in [0.717, 1.165) is 28.3 Å². The number of aromatic amines is 2. The first kappa shape index (κ1) is 22.3. The minimum absolute atomic E-state index is 0. The van der Waals surface area contributed by atoms with Crippen LogP contribution < -0.4 is 15.6 Å². The zero-order valence-electron chi connectivity index (χ0n) is 16.0. The first-order chi connectivity index (χ1) is 13.7. The monoisotopic (exact) mass is 465 g/mol. The summed E-state index contributed by atoms with van der Waals surface area (Å²) in [6.45, 7) is 2.68. The average molecular weight is 466 g/mol. The highest BCUT2D eigenvalue weighted by atomic mass is 35.5. The van der Waals surface area contributed by atoms with E-state index in [1.807, 2.05) is 43.3 Å². The van der Waals surface area contributed by atoms with Gasteiger partial charge in [0.25, 0.3) is 5.56 Å². The number of para-hydroxylation sites is 1. The minimum Gasteiger partial charge on any atom is -0.489 e. The average Bonchev–Trinajstić information content (AvgIpc) is 3.42. The standard InChI is InChI=1S/C20H19N5O2S.2ClH/c1-11-14(10-22-25-11)17-8-15-18(28-17)20(26)24-19(23-15)16-7-13(9-21-16)27-12-5-3-2-4-6-12;;/h2-6,8,10,13,16,21H,7,9H2,1H3,(H,22,25)(H,23,24,26);2*1H/t13-,16+;;/m1../s1. The number of thiophene rings is 1. The van der Waals surface area contributed by atoms with Gasteiger partial charge in [-0.2, -0.15) is 5.10 Å². The molecule has 5 rings (SSSR count). The summed E-state index contributed by atoms with van der Waals surface area (Å²) in [6, 6.07) is 11.7. The number of halogens is 2. The second kappa shape index (κ2) is 9.18. The maximum Gasteiger partial charge on any atom is 0.268 e. The summed E-state index contributed by atoms with van der Waals surface area (Å²) in [6.07, 6.45) is 2.57. The molecule has 0 spiro atoms.